The van der Waals surface area contributed by atoms with Crippen molar-refractivity contribution in [2.24, 2.45) is 10.1 Å². The zero-order valence-electron chi connectivity index (χ0n) is 20.3. The third kappa shape index (κ3) is 4.85. The van der Waals surface area contributed by atoms with Gasteiger partial charge in [-0.1, -0.05) is 30.3 Å². The van der Waals surface area contributed by atoms with Crippen molar-refractivity contribution < 1.29 is 28.8 Å². The van der Waals surface area contributed by atoms with E-state index in [1.165, 1.54) is 45.7 Å². The number of phenolic OH excluding ortho intramolecular Hbond substituents is 1. The average molecular weight is 488 g/mol. The molecule has 1 aliphatic heterocycles. The number of benzene rings is 3. The predicted octanol–water partition coefficient (Wildman–Crippen LogP) is 4.09. The number of aromatic hydroxyl groups is 1. The first-order chi connectivity index (χ1) is 17.5. The van der Waals surface area contributed by atoms with Gasteiger partial charge in [-0.2, -0.15) is 10.1 Å². The van der Waals surface area contributed by atoms with Gasteiger partial charge in [0.1, 0.15) is 5.70 Å². The van der Waals surface area contributed by atoms with Gasteiger partial charge in [-0.05, 0) is 47.5 Å². The number of carbonyl (C=O) groups is 1. The van der Waals surface area contributed by atoms with E-state index in [9.17, 15) is 9.90 Å². The standard InChI is InChI=1S/C27H25N3O6/c1-33-22-13-17(10-11-21(22)31)16-28-30-26(19-8-6-5-7-9-19)29-20(27(30)32)12-18-14-23(34-2)25(36-4)24(15-18)35-3/h5-16,31H,1-4H3/b20-12+,28-16+. The van der Waals surface area contributed by atoms with Crippen LogP contribution in [0.3, 0.4) is 0 Å². The smallest absolute Gasteiger partial charge is 0.298 e. The van der Waals surface area contributed by atoms with Gasteiger partial charge in [0.2, 0.25) is 5.75 Å². The first-order valence-corrected chi connectivity index (χ1v) is 10.9. The second kappa shape index (κ2) is 10.6. The van der Waals surface area contributed by atoms with Crippen LogP contribution < -0.4 is 18.9 Å². The molecule has 1 N–H and O–H groups in total. The minimum absolute atomic E-state index is 0.00834. The van der Waals surface area contributed by atoms with Crippen LogP contribution in [0.15, 0.2) is 76.5 Å². The van der Waals surface area contributed by atoms with E-state index in [0.29, 0.717) is 40.0 Å². The highest BCUT2D eigenvalue weighted by atomic mass is 16.5. The normalized spacial score (nSPS) is 14.3. The molecule has 36 heavy (non-hydrogen) atoms. The van der Waals surface area contributed by atoms with Gasteiger partial charge in [0.15, 0.2) is 28.8 Å². The van der Waals surface area contributed by atoms with Gasteiger partial charge < -0.3 is 24.1 Å². The zero-order valence-corrected chi connectivity index (χ0v) is 20.3. The summed E-state index contributed by atoms with van der Waals surface area (Å²) in [6, 6.07) is 17.5. The first kappa shape index (κ1) is 24.3. The SMILES string of the molecule is COc1cc(/C=N/N2C(=O)/C(=C\c3cc(OC)c(OC)c(OC)c3)N=C2c2ccccc2)ccc1O. The summed E-state index contributed by atoms with van der Waals surface area (Å²) < 4.78 is 21.4. The van der Waals surface area contributed by atoms with Gasteiger partial charge in [0, 0.05) is 5.56 Å². The van der Waals surface area contributed by atoms with Crippen LogP contribution in [-0.4, -0.2) is 56.5 Å². The maximum atomic E-state index is 13.4. The monoisotopic (exact) mass is 487 g/mol. The Balaban J connectivity index is 1.75. The van der Waals surface area contributed by atoms with Gasteiger partial charge in [-0.25, -0.2) is 4.99 Å². The van der Waals surface area contributed by atoms with E-state index in [0.717, 1.165) is 5.56 Å². The quantitative estimate of drug-likeness (QED) is 0.379. The summed E-state index contributed by atoms with van der Waals surface area (Å²) in [4.78, 5) is 18.0. The van der Waals surface area contributed by atoms with Crippen LogP contribution >= 0.6 is 0 Å². The molecule has 0 aliphatic carbocycles. The highest BCUT2D eigenvalue weighted by molar-refractivity contribution is 6.19. The van der Waals surface area contributed by atoms with Crippen LogP contribution in [0.4, 0.5) is 0 Å². The molecule has 0 aromatic heterocycles. The zero-order chi connectivity index (χ0) is 25.7. The van der Waals surface area contributed by atoms with Gasteiger partial charge in [-0.3, -0.25) is 4.79 Å². The topological polar surface area (TPSA) is 102 Å². The van der Waals surface area contributed by atoms with Crippen molar-refractivity contribution in [1.29, 1.82) is 0 Å². The number of hydrogen-bond acceptors (Lipinski definition) is 8. The Morgan fingerprint density at radius 1 is 0.833 bits per heavy atom. The summed E-state index contributed by atoms with van der Waals surface area (Å²) in [5.41, 5.74) is 2.17. The molecule has 3 aromatic rings. The molecule has 4 rings (SSSR count). The predicted molar refractivity (Wildman–Crippen MR) is 136 cm³/mol. The van der Waals surface area contributed by atoms with E-state index < -0.39 is 5.91 Å². The number of hydrazone groups is 1. The molecule has 1 amide bonds. The Bertz CT molecular complexity index is 1340. The number of ether oxygens (including phenoxy) is 4. The summed E-state index contributed by atoms with van der Waals surface area (Å²) in [5, 5.41) is 15.5. The molecule has 0 fully saturated rings. The third-order valence-electron chi connectivity index (χ3n) is 5.39. The molecule has 184 valence electrons. The van der Waals surface area contributed by atoms with E-state index in [1.54, 1.807) is 30.3 Å². The van der Waals surface area contributed by atoms with E-state index >= 15 is 0 Å². The average Bonchev–Trinajstić information content (AvgIpc) is 3.22. The molecule has 0 atom stereocenters. The summed E-state index contributed by atoms with van der Waals surface area (Å²) in [5.74, 6) is 1.63. The first-order valence-electron chi connectivity index (χ1n) is 10.9. The molecule has 9 heteroatoms. The molecule has 0 saturated heterocycles. The summed E-state index contributed by atoms with van der Waals surface area (Å²) in [7, 11) is 6.03. The molecular formula is C27H25N3O6. The van der Waals surface area contributed by atoms with E-state index in [4.69, 9.17) is 18.9 Å². The second-order valence-electron chi connectivity index (χ2n) is 7.58. The largest absolute Gasteiger partial charge is 0.504 e. The molecule has 0 radical (unpaired) electrons. The van der Waals surface area contributed by atoms with Crippen molar-refractivity contribution in [3.63, 3.8) is 0 Å². The number of phenols is 1. The minimum Gasteiger partial charge on any atom is -0.504 e. The fourth-order valence-corrected chi connectivity index (χ4v) is 3.63. The lowest BCUT2D eigenvalue weighted by Crippen LogP contribution is -2.27. The minimum atomic E-state index is -0.412. The highest BCUT2D eigenvalue weighted by Crippen LogP contribution is 2.39. The van der Waals surface area contributed by atoms with Gasteiger partial charge in [0.05, 0.1) is 34.7 Å². The Morgan fingerprint density at radius 2 is 1.47 bits per heavy atom. The van der Waals surface area contributed by atoms with Crippen LogP contribution in [0.2, 0.25) is 0 Å². The number of amidine groups is 1. The van der Waals surface area contributed by atoms with Gasteiger partial charge in [-0.15, -0.1) is 0 Å². The van der Waals surface area contributed by atoms with E-state index in [1.807, 2.05) is 30.3 Å². The van der Waals surface area contributed by atoms with Crippen molar-refractivity contribution in [3.05, 3.63) is 83.1 Å². The molecular weight excluding hydrogens is 462 g/mol. The fourth-order valence-electron chi connectivity index (χ4n) is 3.63. The molecule has 3 aromatic carbocycles. The number of amides is 1. The second-order valence-corrected chi connectivity index (χ2v) is 7.58. The number of carbonyl (C=O) groups excluding carboxylic acids is 1. The Morgan fingerprint density at radius 3 is 2.08 bits per heavy atom. The third-order valence-corrected chi connectivity index (χ3v) is 5.39. The van der Waals surface area contributed by atoms with Gasteiger partial charge in [0.25, 0.3) is 5.91 Å². The van der Waals surface area contributed by atoms with Crippen LogP contribution in [-0.2, 0) is 4.79 Å². The molecule has 0 saturated carbocycles. The van der Waals surface area contributed by atoms with Crippen LogP contribution in [0, 0.1) is 0 Å². The lowest BCUT2D eigenvalue weighted by molar-refractivity contribution is -0.122. The van der Waals surface area contributed by atoms with Crippen molar-refractivity contribution in [1.82, 2.24) is 5.01 Å². The molecule has 1 aliphatic rings. The number of nitrogens with zero attached hydrogens (tertiary/aromatic N) is 3. The number of aliphatic imine (C=N–C) groups is 1. The maximum absolute atomic E-state index is 13.4. The lowest BCUT2D eigenvalue weighted by Gasteiger charge is -2.13. The van der Waals surface area contributed by atoms with Crippen LogP contribution in [0.25, 0.3) is 6.08 Å². The molecule has 0 bridgehead atoms. The van der Waals surface area contributed by atoms with Crippen LogP contribution in [0.1, 0.15) is 16.7 Å². The fraction of sp³-hybridized carbons (Fsp3) is 0.148. The molecule has 0 spiro atoms. The van der Waals surface area contributed by atoms with Crippen molar-refractivity contribution in [2.45, 2.75) is 0 Å². The maximum Gasteiger partial charge on any atom is 0.298 e. The summed E-state index contributed by atoms with van der Waals surface area (Å²) in [6.07, 6.45) is 3.13. The van der Waals surface area contributed by atoms with E-state index in [-0.39, 0.29) is 11.4 Å². The molecule has 9 nitrogen and oxygen atoms in total. The summed E-state index contributed by atoms with van der Waals surface area (Å²) in [6.45, 7) is 0. The highest BCUT2D eigenvalue weighted by Gasteiger charge is 2.31. The Hall–Kier alpha value is -4.79. The number of methoxy groups -OCH3 is 4. The number of hydrogen-bond donors (Lipinski definition) is 1. The Labute approximate surface area is 208 Å². The van der Waals surface area contributed by atoms with Gasteiger partial charge >= 0.3 is 0 Å². The number of rotatable bonds is 8. The van der Waals surface area contributed by atoms with Crippen molar-refractivity contribution in [3.8, 4) is 28.7 Å². The van der Waals surface area contributed by atoms with Crippen LogP contribution in [0.5, 0.6) is 28.7 Å². The van der Waals surface area contributed by atoms with E-state index in [2.05, 4.69) is 10.1 Å². The Kier molecular flexibility index (Phi) is 7.20. The lowest BCUT2D eigenvalue weighted by atomic mass is 10.1. The molecule has 1 heterocycles. The molecule has 0 unspecified atom stereocenters. The summed E-state index contributed by atoms with van der Waals surface area (Å²) >= 11 is 0. The van der Waals surface area contributed by atoms with Crippen molar-refractivity contribution >= 4 is 24.0 Å². The van der Waals surface area contributed by atoms with Crippen molar-refractivity contribution in [2.75, 3.05) is 28.4 Å².